The fourth-order valence-electron chi connectivity index (χ4n) is 3.40. The smallest absolute Gasteiger partial charge is 0.341 e. The highest BCUT2D eigenvalue weighted by molar-refractivity contribution is 7.16. The van der Waals surface area contributed by atoms with Gasteiger partial charge >= 0.3 is 5.97 Å². The predicted octanol–water partition coefficient (Wildman–Crippen LogP) is 3.16. The summed E-state index contributed by atoms with van der Waals surface area (Å²) in [6.07, 6.45) is 0.0674. The fraction of sp³-hybridized carbons (Fsp3) is 0.381. The summed E-state index contributed by atoms with van der Waals surface area (Å²) in [4.78, 5) is 40.1. The number of nitrogens with zero attached hydrogens (tertiary/aromatic N) is 1. The number of methoxy groups -OCH3 is 3. The van der Waals surface area contributed by atoms with Crippen molar-refractivity contribution in [2.24, 2.45) is 5.92 Å². The Bertz CT molecular complexity index is 1000. The molecule has 2 aromatic rings. The number of hydrogen-bond donors (Lipinski definition) is 1. The van der Waals surface area contributed by atoms with E-state index in [0.717, 1.165) is 10.4 Å². The standard InChI is InChI=1S/C21H24N2O6S/c1-11-12(2)30-20(18(11)21(26)29-5)22-19(25)13-8-17(24)23(10-13)15-7-6-14(27-3)9-16(15)28-4/h6-7,9,13H,8,10H2,1-5H3,(H,22,25)/t13-/m1/s1. The van der Waals surface area contributed by atoms with E-state index in [2.05, 4.69) is 5.32 Å². The van der Waals surface area contributed by atoms with E-state index < -0.39 is 11.9 Å². The van der Waals surface area contributed by atoms with Gasteiger partial charge in [-0.25, -0.2) is 4.79 Å². The Morgan fingerprint density at radius 1 is 1.17 bits per heavy atom. The average Bonchev–Trinajstić information content (AvgIpc) is 3.26. The first-order valence-electron chi connectivity index (χ1n) is 9.32. The van der Waals surface area contributed by atoms with Gasteiger partial charge in [-0.1, -0.05) is 0 Å². The Morgan fingerprint density at radius 3 is 2.53 bits per heavy atom. The van der Waals surface area contributed by atoms with Crippen LogP contribution in [0.15, 0.2) is 18.2 Å². The largest absolute Gasteiger partial charge is 0.497 e. The number of rotatable bonds is 6. The number of esters is 1. The molecule has 30 heavy (non-hydrogen) atoms. The van der Waals surface area contributed by atoms with Crippen molar-refractivity contribution in [3.8, 4) is 11.5 Å². The van der Waals surface area contributed by atoms with Crippen LogP contribution >= 0.6 is 11.3 Å². The van der Waals surface area contributed by atoms with Crippen molar-refractivity contribution in [1.29, 1.82) is 0 Å². The van der Waals surface area contributed by atoms with Crippen LogP contribution in [0.4, 0.5) is 10.7 Å². The van der Waals surface area contributed by atoms with Crippen LogP contribution in [-0.4, -0.2) is 45.7 Å². The Balaban J connectivity index is 1.80. The highest BCUT2D eigenvalue weighted by atomic mass is 32.1. The minimum Gasteiger partial charge on any atom is -0.497 e. The molecule has 1 saturated heterocycles. The summed E-state index contributed by atoms with van der Waals surface area (Å²) in [5, 5.41) is 3.26. The molecule has 2 heterocycles. The molecule has 1 aromatic heterocycles. The molecule has 160 valence electrons. The summed E-state index contributed by atoms with van der Waals surface area (Å²) in [5.74, 6) is -0.455. The summed E-state index contributed by atoms with van der Waals surface area (Å²) in [6.45, 7) is 3.90. The van der Waals surface area contributed by atoms with E-state index in [1.54, 1.807) is 25.3 Å². The summed E-state index contributed by atoms with van der Waals surface area (Å²) in [5.41, 5.74) is 1.71. The van der Waals surface area contributed by atoms with E-state index in [4.69, 9.17) is 14.2 Å². The number of carbonyl (C=O) groups is 3. The zero-order chi connectivity index (χ0) is 22.0. The molecular weight excluding hydrogens is 408 g/mol. The molecule has 8 nitrogen and oxygen atoms in total. The number of amides is 2. The molecule has 3 rings (SSSR count). The van der Waals surface area contributed by atoms with Gasteiger partial charge in [-0.05, 0) is 31.5 Å². The molecule has 9 heteroatoms. The lowest BCUT2D eigenvalue weighted by molar-refractivity contribution is -0.122. The number of thiophene rings is 1. The van der Waals surface area contributed by atoms with Crippen LogP contribution in [-0.2, 0) is 14.3 Å². The van der Waals surface area contributed by atoms with E-state index in [0.29, 0.717) is 27.8 Å². The second kappa shape index (κ2) is 8.74. The van der Waals surface area contributed by atoms with E-state index in [-0.39, 0.29) is 24.8 Å². The van der Waals surface area contributed by atoms with Crippen LogP contribution in [0.2, 0.25) is 0 Å². The molecule has 1 aliphatic heterocycles. The molecule has 1 atom stereocenters. The monoisotopic (exact) mass is 432 g/mol. The fourth-order valence-corrected chi connectivity index (χ4v) is 4.45. The van der Waals surface area contributed by atoms with Gasteiger partial charge in [0.15, 0.2) is 0 Å². The average molecular weight is 432 g/mol. The number of nitrogens with one attached hydrogen (secondary N) is 1. The highest BCUT2D eigenvalue weighted by Gasteiger charge is 2.37. The zero-order valence-corrected chi connectivity index (χ0v) is 18.3. The maximum Gasteiger partial charge on any atom is 0.341 e. The molecule has 1 N–H and O–H groups in total. The van der Waals surface area contributed by atoms with E-state index in [1.807, 2.05) is 13.8 Å². The Kier molecular flexibility index (Phi) is 6.31. The van der Waals surface area contributed by atoms with Gasteiger partial charge in [-0.15, -0.1) is 11.3 Å². The van der Waals surface area contributed by atoms with Crippen LogP contribution in [0.5, 0.6) is 11.5 Å². The van der Waals surface area contributed by atoms with E-state index >= 15 is 0 Å². The van der Waals surface area contributed by atoms with Crippen LogP contribution in [0.1, 0.15) is 27.2 Å². The van der Waals surface area contributed by atoms with Gasteiger partial charge in [0, 0.05) is 23.9 Å². The number of aryl methyl sites for hydroxylation is 1. The van der Waals surface area contributed by atoms with E-state index in [9.17, 15) is 14.4 Å². The van der Waals surface area contributed by atoms with Crippen molar-refractivity contribution in [3.63, 3.8) is 0 Å². The Labute approximate surface area is 178 Å². The van der Waals surface area contributed by atoms with Gasteiger partial charge in [0.25, 0.3) is 0 Å². The van der Waals surface area contributed by atoms with Gasteiger partial charge in [0.2, 0.25) is 11.8 Å². The molecular formula is C21H24N2O6S. The normalized spacial score (nSPS) is 15.8. The van der Waals surface area contributed by atoms with E-state index in [1.165, 1.54) is 30.5 Å². The molecule has 0 radical (unpaired) electrons. The second-order valence-electron chi connectivity index (χ2n) is 6.91. The van der Waals surface area contributed by atoms with Crippen LogP contribution in [0, 0.1) is 19.8 Å². The minimum atomic E-state index is -0.558. The first-order chi connectivity index (χ1) is 14.3. The molecule has 0 bridgehead atoms. The van der Waals surface area contributed by atoms with Crippen molar-refractivity contribution >= 4 is 39.8 Å². The number of anilines is 2. The summed E-state index contributed by atoms with van der Waals surface area (Å²) in [7, 11) is 4.36. The predicted molar refractivity (Wildman–Crippen MR) is 114 cm³/mol. The molecule has 0 aliphatic carbocycles. The quantitative estimate of drug-likeness (QED) is 0.705. The molecule has 2 amide bonds. The lowest BCUT2D eigenvalue weighted by Gasteiger charge is -2.20. The SMILES string of the molecule is COC(=O)c1c(NC(=O)[C@@H]2CC(=O)N(c3ccc(OC)cc3OC)C2)sc(C)c1C. The summed E-state index contributed by atoms with van der Waals surface area (Å²) >= 11 is 1.31. The summed E-state index contributed by atoms with van der Waals surface area (Å²) < 4.78 is 15.4. The van der Waals surface area contributed by atoms with Crippen molar-refractivity contribution in [1.82, 2.24) is 0 Å². The van der Waals surface area contributed by atoms with Crippen molar-refractivity contribution in [2.45, 2.75) is 20.3 Å². The molecule has 0 saturated carbocycles. The topological polar surface area (TPSA) is 94.2 Å². The molecule has 0 spiro atoms. The molecule has 1 aliphatic rings. The number of benzene rings is 1. The maximum absolute atomic E-state index is 12.9. The van der Waals surface area contributed by atoms with Crippen LogP contribution in [0.3, 0.4) is 0 Å². The number of carbonyl (C=O) groups excluding carboxylic acids is 3. The number of hydrogen-bond acceptors (Lipinski definition) is 7. The zero-order valence-electron chi connectivity index (χ0n) is 17.5. The lowest BCUT2D eigenvalue weighted by Crippen LogP contribution is -2.28. The van der Waals surface area contributed by atoms with Crippen molar-refractivity contribution in [3.05, 3.63) is 34.2 Å². The third kappa shape index (κ3) is 3.97. The maximum atomic E-state index is 12.9. The van der Waals surface area contributed by atoms with Gasteiger partial charge in [-0.2, -0.15) is 0 Å². The highest BCUT2D eigenvalue weighted by Crippen LogP contribution is 2.37. The lowest BCUT2D eigenvalue weighted by atomic mass is 10.1. The third-order valence-electron chi connectivity index (χ3n) is 5.19. The van der Waals surface area contributed by atoms with Gasteiger partial charge in [0.1, 0.15) is 16.5 Å². The Hall–Kier alpha value is -3.07. The second-order valence-corrected chi connectivity index (χ2v) is 8.14. The molecule has 0 unspecified atom stereocenters. The molecule has 1 aromatic carbocycles. The minimum absolute atomic E-state index is 0.0674. The third-order valence-corrected chi connectivity index (χ3v) is 6.31. The van der Waals surface area contributed by atoms with Crippen molar-refractivity contribution < 1.29 is 28.6 Å². The van der Waals surface area contributed by atoms with Gasteiger partial charge in [0.05, 0.1) is 38.5 Å². The van der Waals surface area contributed by atoms with Crippen LogP contribution < -0.4 is 19.7 Å². The molecule has 1 fully saturated rings. The van der Waals surface area contributed by atoms with Crippen molar-refractivity contribution in [2.75, 3.05) is 38.1 Å². The number of ether oxygens (including phenoxy) is 3. The summed E-state index contributed by atoms with van der Waals surface area (Å²) in [6, 6.07) is 5.16. The van der Waals surface area contributed by atoms with Gasteiger partial charge < -0.3 is 24.4 Å². The first kappa shape index (κ1) is 21.6. The Morgan fingerprint density at radius 2 is 1.90 bits per heavy atom. The van der Waals surface area contributed by atoms with Crippen LogP contribution in [0.25, 0.3) is 0 Å². The first-order valence-corrected chi connectivity index (χ1v) is 10.1. The van der Waals surface area contributed by atoms with Gasteiger partial charge in [-0.3, -0.25) is 9.59 Å².